The molecule has 0 saturated heterocycles. The van der Waals surface area contributed by atoms with E-state index in [1.807, 2.05) is 6.92 Å². The molecule has 0 saturated carbocycles. The average molecular weight is 297 g/mol. The lowest BCUT2D eigenvalue weighted by molar-refractivity contribution is -0.127. The van der Waals surface area contributed by atoms with Gasteiger partial charge >= 0.3 is 0 Å². The number of halogens is 1. The zero-order valence-electron chi connectivity index (χ0n) is 12.0. The Morgan fingerprint density at radius 3 is 2.55 bits per heavy atom. The highest BCUT2D eigenvalue weighted by molar-refractivity contribution is 7.80. The van der Waals surface area contributed by atoms with E-state index in [2.05, 4.69) is 0 Å². The van der Waals surface area contributed by atoms with E-state index in [0.717, 1.165) is 6.42 Å². The van der Waals surface area contributed by atoms with Crippen LogP contribution in [-0.4, -0.2) is 43.0 Å². The largest absolute Gasteiger partial charge is 0.389 e. The Hall–Kier alpha value is -1.69. The normalized spacial score (nSPS) is 10.2. The smallest absolute Gasteiger partial charge is 0.241 e. The van der Waals surface area contributed by atoms with Crippen LogP contribution in [0.2, 0.25) is 0 Å². The minimum atomic E-state index is -0.464. The molecule has 0 spiro atoms. The first-order chi connectivity index (χ1) is 9.38. The predicted molar refractivity (Wildman–Crippen MR) is 83.5 cm³/mol. The number of hydrogen-bond acceptors (Lipinski definition) is 3. The number of carbonyl (C=O) groups excluding carboxylic acids is 1. The molecule has 0 aliphatic heterocycles. The molecule has 0 aromatic heterocycles. The molecule has 0 atom stereocenters. The minimum Gasteiger partial charge on any atom is -0.389 e. The highest BCUT2D eigenvalue weighted by Crippen LogP contribution is 2.23. The van der Waals surface area contributed by atoms with Gasteiger partial charge in [0, 0.05) is 20.6 Å². The summed E-state index contributed by atoms with van der Waals surface area (Å²) in [5, 5.41) is 0. The Bertz CT molecular complexity index is 505. The van der Waals surface area contributed by atoms with E-state index < -0.39 is 5.82 Å². The van der Waals surface area contributed by atoms with Crippen LogP contribution in [0.5, 0.6) is 0 Å². The summed E-state index contributed by atoms with van der Waals surface area (Å²) >= 11 is 4.92. The Morgan fingerprint density at radius 1 is 1.40 bits per heavy atom. The molecule has 20 heavy (non-hydrogen) atoms. The molecule has 1 aromatic rings. The Kier molecular flexibility index (Phi) is 5.88. The van der Waals surface area contributed by atoms with Crippen molar-refractivity contribution in [3.8, 4) is 0 Å². The van der Waals surface area contributed by atoms with Gasteiger partial charge in [0.05, 0.1) is 17.8 Å². The number of hydrogen-bond donors (Lipinski definition) is 1. The van der Waals surface area contributed by atoms with Crippen LogP contribution >= 0.6 is 12.2 Å². The molecular weight excluding hydrogens is 277 g/mol. The molecule has 0 aliphatic carbocycles. The summed E-state index contributed by atoms with van der Waals surface area (Å²) in [5.74, 6) is -0.523. The topological polar surface area (TPSA) is 49.6 Å². The van der Waals surface area contributed by atoms with Crippen LogP contribution in [0.4, 0.5) is 10.1 Å². The Labute approximate surface area is 124 Å². The SMILES string of the molecule is CCCN(CC(=O)N(C)C)c1cccc(F)c1C(N)=S. The van der Waals surface area contributed by atoms with Gasteiger partial charge in [0.25, 0.3) is 0 Å². The average Bonchev–Trinajstić information content (AvgIpc) is 2.37. The fraction of sp³-hybridized carbons (Fsp3) is 0.429. The lowest BCUT2D eigenvalue weighted by Crippen LogP contribution is -2.38. The van der Waals surface area contributed by atoms with Crippen molar-refractivity contribution < 1.29 is 9.18 Å². The molecular formula is C14H20FN3OS. The van der Waals surface area contributed by atoms with Crippen LogP contribution in [0.1, 0.15) is 18.9 Å². The standard InChI is InChI=1S/C14H20FN3OS/c1-4-8-18(9-12(19)17(2)3)11-7-5-6-10(15)13(11)14(16)20/h5-7H,4,8-9H2,1-3H3,(H2,16,20). The lowest BCUT2D eigenvalue weighted by Gasteiger charge is -2.27. The van der Waals surface area contributed by atoms with E-state index in [0.29, 0.717) is 12.2 Å². The zero-order valence-corrected chi connectivity index (χ0v) is 12.8. The van der Waals surface area contributed by atoms with Gasteiger partial charge in [0.15, 0.2) is 0 Å². The fourth-order valence-electron chi connectivity index (χ4n) is 1.88. The summed E-state index contributed by atoms with van der Waals surface area (Å²) < 4.78 is 13.9. The molecule has 0 bridgehead atoms. The second-order valence-corrected chi connectivity index (χ2v) is 5.15. The molecule has 0 unspecified atom stereocenters. The third kappa shape index (κ3) is 3.90. The van der Waals surface area contributed by atoms with E-state index in [1.54, 1.807) is 31.1 Å². The van der Waals surface area contributed by atoms with Crippen molar-refractivity contribution >= 4 is 28.8 Å². The van der Waals surface area contributed by atoms with Crippen molar-refractivity contribution in [2.75, 3.05) is 32.1 Å². The van der Waals surface area contributed by atoms with Crippen molar-refractivity contribution in [2.45, 2.75) is 13.3 Å². The summed E-state index contributed by atoms with van der Waals surface area (Å²) in [6, 6.07) is 4.64. The van der Waals surface area contributed by atoms with Gasteiger partial charge in [-0.1, -0.05) is 25.2 Å². The molecule has 0 radical (unpaired) electrons. The molecule has 0 aliphatic rings. The third-order valence-corrected chi connectivity index (χ3v) is 3.10. The van der Waals surface area contributed by atoms with Gasteiger partial charge in [-0.2, -0.15) is 0 Å². The van der Waals surface area contributed by atoms with Crippen molar-refractivity contribution in [2.24, 2.45) is 5.73 Å². The maximum absolute atomic E-state index is 13.9. The van der Waals surface area contributed by atoms with Gasteiger partial charge in [-0.3, -0.25) is 4.79 Å². The maximum atomic E-state index is 13.9. The molecule has 1 amide bonds. The van der Waals surface area contributed by atoms with Crippen LogP contribution < -0.4 is 10.6 Å². The van der Waals surface area contributed by atoms with Crippen LogP contribution in [0.15, 0.2) is 18.2 Å². The summed E-state index contributed by atoms with van der Waals surface area (Å²) in [5.41, 5.74) is 6.37. The number of benzene rings is 1. The van der Waals surface area contributed by atoms with Crippen molar-refractivity contribution in [3.05, 3.63) is 29.6 Å². The number of thiocarbonyl (C=S) groups is 1. The van der Waals surface area contributed by atoms with Gasteiger partial charge < -0.3 is 15.5 Å². The van der Waals surface area contributed by atoms with Crippen LogP contribution in [0.3, 0.4) is 0 Å². The maximum Gasteiger partial charge on any atom is 0.241 e. The van der Waals surface area contributed by atoms with Crippen molar-refractivity contribution in [3.63, 3.8) is 0 Å². The van der Waals surface area contributed by atoms with E-state index in [9.17, 15) is 9.18 Å². The first kappa shape index (κ1) is 16.4. The molecule has 0 heterocycles. The van der Waals surface area contributed by atoms with Crippen LogP contribution in [0.25, 0.3) is 0 Å². The Morgan fingerprint density at radius 2 is 2.05 bits per heavy atom. The molecule has 1 rings (SSSR count). The quantitative estimate of drug-likeness (QED) is 0.813. The van der Waals surface area contributed by atoms with Gasteiger partial charge in [0.1, 0.15) is 10.8 Å². The van der Waals surface area contributed by atoms with Gasteiger partial charge in [-0.15, -0.1) is 0 Å². The lowest BCUT2D eigenvalue weighted by atomic mass is 10.1. The van der Waals surface area contributed by atoms with Gasteiger partial charge in [-0.25, -0.2) is 4.39 Å². The number of carbonyl (C=O) groups is 1. The number of amides is 1. The number of rotatable bonds is 6. The van der Waals surface area contributed by atoms with Crippen molar-refractivity contribution in [1.82, 2.24) is 4.90 Å². The second kappa shape index (κ2) is 7.19. The summed E-state index contributed by atoms with van der Waals surface area (Å²) in [7, 11) is 3.37. The molecule has 4 nitrogen and oxygen atoms in total. The van der Waals surface area contributed by atoms with Crippen molar-refractivity contribution in [1.29, 1.82) is 0 Å². The zero-order chi connectivity index (χ0) is 15.3. The van der Waals surface area contributed by atoms with E-state index in [-0.39, 0.29) is 23.0 Å². The number of anilines is 1. The fourth-order valence-corrected chi connectivity index (χ4v) is 2.08. The number of likely N-dealkylation sites (N-methyl/N-ethyl adjacent to an activating group) is 1. The number of nitrogens with zero attached hydrogens (tertiary/aromatic N) is 2. The number of nitrogens with two attached hydrogens (primary N) is 1. The van der Waals surface area contributed by atoms with E-state index in [4.69, 9.17) is 18.0 Å². The van der Waals surface area contributed by atoms with Gasteiger partial charge in [-0.05, 0) is 18.6 Å². The third-order valence-electron chi connectivity index (χ3n) is 2.90. The molecule has 110 valence electrons. The van der Waals surface area contributed by atoms with E-state index >= 15 is 0 Å². The first-order valence-corrected chi connectivity index (χ1v) is 6.82. The van der Waals surface area contributed by atoms with Crippen LogP contribution in [-0.2, 0) is 4.79 Å². The predicted octanol–water partition coefficient (Wildman–Crippen LogP) is 1.76. The molecule has 2 N–H and O–H groups in total. The highest BCUT2D eigenvalue weighted by Gasteiger charge is 2.19. The van der Waals surface area contributed by atoms with Crippen LogP contribution in [0, 0.1) is 5.82 Å². The molecule has 6 heteroatoms. The summed E-state index contributed by atoms with van der Waals surface area (Å²) in [6.07, 6.45) is 0.827. The first-order valence-electron chi connectivity index (χ1n) is 6.41. The Balaban J connectivity index is 3.18. The summed E-state index contributed by atoms with van der Waals surface area (Å²) in [4.78, 5) is 15.2. The van der Waals surface area contributed by atoms with Gasteiger partial charge in [0.2, 0.25) is 5.91 Å². The molecule has 0 fully saturated rings. The highest BCUT2D eigenvalue weighted by atomic mass is 32.1. The van der Waals surface area contributed by atoms with E-state index in [1.165, 1.54) is 11.0 Å². The minimum absolute atomic E-state index is 0.00324. The second-order valence-electron chi connectivity index (χ2n) is 4.71. The molecule has 1 aromatic carbocycles. The monoisotopic (exact) mass is 297 g/mol. The summed E-state index contributed by atoms with van der Waals surface area (Å²) in [6.45, 7) is 2.78.